The Morgan fingerprint density at radius 1 is 0.486 bits per heavy atom. The number of ether oxygens (including phenoxy) is 2. The predicted octanol–water partition coefficient (Wildman–Crippen LogP) is 13.9. The Hall–Kier alpha value is -1.37. The molecule has 0 radical (unpaired) electrons. The fourth-order valence-electron chi connectivity index (χ4n) is 9.79. The SMILES string of the molecule is CCCCCCCCCCC/C=C\C/C=C\CCCCCCCCCCCCCCC(O)C(=O)NC(COC1OC(CO)C(O)C(O)C1O)C(O)CCCCCCCCCCCCCCCCCCC. The van der Waals surface area contributed by atoms with Crippen molar-refractivity contribution in [1.29, 1.82) is 0 Å². The van der Waals surface area contributed by atoms with Gasteiger partial charge in [0.2, 0.25) is 5.91 Å². The minimum absolute atomic E-state index is 0.253. The first-order valence-corrected chi connectivity index (χ1v) is 30.1. The van der Waals surface area contributed by atoms with E-state index >= 15 is 0 Å². The van der Waals surface area contributed by atoms with E-state index in [0.29, 0.717) is 12.8 Å². The van der Waals surface area contributed by atoms with E-state index in [4.69, 9.17) is 9.47 Å². The zero-order valence-electron chi connectivity index (χ0n) is 45.7. The molecule has 0 aromatic heterocycles. The molecule has 1 rings (SSSR count). The number of aliphatic hydroxyl groups is 6. The molecule has 10 nitrogen and oxygen atoms in total. The number of carbonyl (C=O) groups is 1. The number of nitrogens with one attached hydrogen (secondary N) is 1. The van der Waals surface area contributed by atoms with Crippen molar-refractivity contribution in [3.8, 4) is 0 Å². The van der Waals surface area contributed by atoms with Crippen LogP contribution in [0.1, 0.15) is 290 Å². The van der Waals surface area contributed by atoms with Crippen LogP contribution in [0.3, 0.4) is 0 Å². The number of hydrogen-bond acceptors (Lipinski definition) is 9. The molecule has 414 valence electrons. The second kappa shape index (κ2) is 49.8. The van der Waals surface area contributed by atoms with Crippen LogP contribution in [-0.2, 0) is 14.3 Å². The lowest BCUT2D eigenvalue weighted by Gasteiger charge is -2.40. The first-order valence-electron chi connectivity index (χ1n) is 30.1. The third-order valence-corrected chi connectivity index (χ3v) is 14.7. The van der Waals surface area contributed by atoms with Crippen molar-refractivity contribution >= 4 is 5.91 Å². The molecule has 8 atom stereocenters. The van der Waals surface area contributed by atoms with Crippen LogP contribution in [0.2, 0.25) is 0 Å². The van der Waals surface area contributed by atoms with Gasteiger partial charge in [-0.2, -0.15) is 0 Å². The first-order chi connectivity index (χ1) is 34.3. The summed E-state index contributed by atoms with van der Waals surface area (Å²) in [5.41, 5.74) is 0. The Morgan fingerprint density at radius 2 is 0.843 bits per heavy atom. The number of rotatable bonds is 52. The number of unbranched alkanes of at least 4 members (excludes halogenated alkanes) is 37. The maximum Gasteiger partial charge on any atom is 0.249 e. The van der Waals surface area contributed by atoms with Crippen molar-refractivity contribution in [2.24, 2.45) is 0 Å². The Kier molecular flexibility index (Phi) is 47.4. The molecule has 1 fully saturated rings. The average molecular weight is 995 g/mol. The Labute approximate surface area is 431 Å². The lowest BCUT2D eigenvalue weighted by atomic mass is 9.99. The van der Waals surface area contributed by atoms with Crippen LogP contribution in [0.4, 0.5) is 0 Å². The van der Waals surface area contributed by atoms with Crippen molar-refractivity contribution < 1.29 is 44.9 Å². The van der Waals surface area contributed by atoms with E-state index in [0.717, 1.165) is 57.8 Å². The zero-order chi connectivity index (χ0) is 51.0. The van der Waals surface area contributed by atoms with Gasteiger partial charge in [-0.3, -0.25) is 4.79 Å². The van der Waals surface area contributed by atoms with Gasteiger partial charge in [0.15, 0.2) is 6.29 Å². The fraction of sp³-hybridized carbons (Fsp3) is 0.917. The van der Waals surface area contributed by atoms with Crippen molar-refractivity contribution in [2.75, 3.05) is 13.2 Å². The van der Waals surface area contributed by atoms with E-state index in [1.807, 2.05) is 0 Å². The van der Waals surface area contributed by atoms with E-state index < -0.39 is 61.5 Å². The maximum atomic E-state index is 13.2. The Balaban J connectivity index is 2.21. The van der Waals surface area contributed by atoms with Crippen molar-refractivity contribution in [2.45, 2.75) is 339 Å². The van der Waals surface area contributed by atoms with Crippen LogP contribution in [0.25, 0.3) is 0 Å². The van der Waals surface area contributed by atoms with Crippen LogP contribution in [0, 0.1) is 0 Å². The van der Waals surface area contributed by atoms with Crippen LogP contribution in [0.15, 0.2) is 24.3 Å². The van der Waals surface area contributed by atoms with Crippen LogP contribution in [0.5, 0.6) is 0 Å². The van der Waals surface area contributed by atoms with Crippen molar-refractivity contribution in [3.05, 3.63) is 24.3 Å². The summed E-state index contributed by atoms with van der Waals surface area (Å²) in [5.74, 6) is -0.581. The van der Waals surface area contributed by atoms with E-state index in [9.17, 15) is 35.4 Å². The summed E-state index contributed by atoms with van der Waals surface area (Å²) >= 11 is 0. The van der Waals surface area contributed by atoms with Gasteiger partial charge in [-0.25, -0.2) is 0 Å². The summed E-state index contributed by atoms with van der Waals surface area (Å²) < 4.78 is 11.2. The Morgan fingerprint density at radius 3 is 1.23 bits per heavy atom. The molecule has 70 heavy (non-hydrogen) atoms. The number of aliphatic hydroxyl groups excluding tert-OH is 6. The molecular formula is C60H115NO9. The standard InChI is InChI=1S/C60H115NO9/c1-3-5-7-9-11-13-15-17-19-21-22-23-24-25-26-27-28-29-30-31-33-35-37-39-41-43-45-47-49-54(64)59(68)61-52(51-69-60-58(67)57(66)56(65)55(50-62)70-60)53(63)48-46-44-42-40-38-36-34-32-20-18-16-14-12-10-8-6-4-2/h22-23,25-26,52-58,60,62-67H,3-21,24,27-51H2,1-2H3,(H,61,68)/b23-22-,26-25-. The highest BCUT2D eigenvalue weighted by Crippen LogP contribution is 2.23. The second-order valence-corrected chi connectivity index (χ2v) is 21.3. The molecule has 7 N–H and O–H groups in total. The topological polar surface area (TPSA) is 169 Å². The normalized spacial score (nSPS) is 19.9. The monoisotopic (exact) mass is 994 g/mol. The molecule has 0 spiro atoms. The molecule has 1 saturated heterocycles. The van der Waals surface area contributed by atoms with Gasteiger partial charge < -0.3 is 45.4 Å². The molecule has 8 unspecified atom stereocenters. The van der Waals surface area contributed by atoms with Gasteiger partial charge in [-0.05, 0) is 44.9 Å². The molecule has 10 heteroatoms. The summed E-state index contributed by atoms with van der Waals surface area (Å²) in [6.07, 6.45) is 52.4. The quantitative estimate of drug-likeness (QED) is 0.0232. The number of allylic oxidation sites excluding steroid dienone is 4. The molecule has 0 aromatic rings. The molecule has 0 bridgehead atoms. The third-order valence-electron chi connectivity index (χ3n) is 14.7. The highest BCUT2D eigenvalue weighted by molar-refractivity contribution is 5.80. The molecule has 0 saturated carbocycles. The van der Waals surface area contributed by atoms with Crippen LogP contribution >= 0.6 is 0 Å². The molecule has 1 aliphatic heterocycles. The lowest BCUT2D eigenvalue weighted by Crippen LogP contribution is -2.60. The summed E-state index contributed by atoms with van der Waals surface area (Å²) in [4.78, 5) is 13.2. The molecule has 1 aliphatic rings. The molecule has 0 aliphatic carbocycles. The number of carbonyl (C=O) groups excluding carboxylic acids is 1. The second-order valence-electron chi connectivity index (χ2n) is 21.3. The predicted molar refractivity (Wildman–Crippen MR) is 292 cm³/mol. The maximum absolute atomic E-state index is 13.2. The van der Waals surface area contributed by atoms with Crippen molar-refractivity contribution in [1.82, 2.24) is 5.32 Å². The highest BCUT2D eigenvalue weighted by Gasteiger charge is 2.44. The smallest absolute Gasteiger partial charge is 0.249 e. The Bertz CT molecular complexity index is 1170. The fourth-order valence-corrected chi connectivity index (χ4v) is 9.79. The van der Waals surface area contributed by atoms with E-state index in [1.165, 1.54) is 205 Å². The van der Waals surface area contributed by atoms with Gasteiger partial charge in [0.05, 0.1) is 25.4 Å². The largest absolute Gasteiger partial charge is 0.394 e. The van der Waals surface area contributed by atoms with E-state index in [-0.39, 0.29) is 6.61 Å². The van der Waals surface area contributed by atoms with Gasteiger partial charge in [0, 0.05) is 0 Å². The number of amides is 1. The van der Waals surface area contributed by atoms with Gasteiger partial charge in [0.25, 0.3) is 0 Å². The minimum Gasteiger partial charge on any atom is -0.394 e. The molecule has 0 aromatic carbocycles. The van der Waals surface area contributed by atoms with E-state index in [2.05, 4.69) is 43.5 Å². The lowest BCUT2D eigenvalue weighted by molar-refractivity contribution is -0.302. The van der Waals surface area contributed by atoms with Gasteiger partial charge in [0.1, 0.15) is 30.5 Å². The summed E-state index contributed by atoms with van der Waals surface area (Å²) in [6, 6.07) is -0.894. The van der Waals surface area contributed by atoms with Crippen LogP contribution < -0.4 is 5.32 Å². The summed E-state index contributed by atoms with van der Waals surface area (Å²) in [7, 11) is 0. The van der Waals surface area contributed by atoms with Gasteiger partial charge in [-0.15, -0.1) is 0 Å². The molecule has 1 heterocycles. The molecular weight excluding hydrogens is 879 g/mol. The van der Waals surface area contributed by atoms with Crippen LogP contribution in [-0.4, -0.2) is 98.7 Å². The van der Waals surface area contributed by atoms with Crippen molar-refractivity contribution in [3.63, 3.8) is 0 Å². The van der Waals surface area contributed by atoms with E-state index in [1.54, 1.807) is 0 Å². The molecule has 1 amide bonds. The van der Waals surface area contributed by atoms with Gasteiger partial charge in [-0.1, -0.05) is 269 Å². The first kappa shape index (κ1) is 66.6. The summed E-state index contributed by atoms with van der Waals surface area (Å²) in [6.45, 7) is 3.71. The number of hydrogen-bond donors (Lipinski definition) is 7. The summed E-state index contributed by atoms with van der Waals surface area (Å²) in [5, 5.41) is 65.3. The third kappa shape index (κ3) is 38.2. The van der Waals surface area contributed by atoms with Gasteiger partial charge >= 0.3 is 0 Å². The average Bonchev–Trinajstić information content (AvgIpc) is 3.36. The minimum atomic E-state index is -1.60. The highest BCUT2D eigenvalue weighted by atomic mass is 16.7. The zero-order valence-corrected chi connectivity index (χ0v) is 45.7.